The molecule has 1 aromatic carbocycles. The molecule has 0 spiro atoms. The van der Waals surface area contributed by atoms with E-state index in [1.54, 1.807) is 18.2 Å². The number of halogens is 2. The standard InChI is InChI=1S/C12H9Br2N3O/c13-7-1-3-9(14)11(5-7)17-12(18)10-4-2-8(15)6-16-10/h1-6H,15H2,(H,17,18). The Morgan fingerprint density at radius 2 is 2.00 bits per heavy atom. The average molecular weight is 371 g/mol. The molecule has 2 aromatic rings. The van der Waals surface area contributed by atoms with Crippen molar-refractivity contribution >= 4 is 49.1 Å². The molecule has 0 saturated heterocycles. The minimum Gasteiger partial charge on any atom is -0.397 e. The monoisotopic (exact) mass is 369 g/mol. The molecule has 1 amide bonds. The highest BCUT2D eigenvalue weighted by Gasteiger charge is 2.09. The van der Waals surface area contributed by atoms with Crippen molar-refractivity contribution in [1.29, 1.82) is 0 Å². The summed E-state index contributed by atoms with van der Waals surface area (Å²) < 4.78 is 1.68. The fourth-order valence-corrected chi connectivity index (χ4v) is 2.03. The van der Waals surface area contributed by atoms with E-state index in [1.807, 2.05) is 12.1 Å². The molecule has 4 nitrogen and oxygen atoms in total. The van der Waals surface area contributed by atoms with Crippen LogP contribution in [0.1, 0.15) is 10.5 Å². The summed E-state index contributed by atoms with van der Waals surface area (Å²) in [5.41, 5.74) is 7.03. The maximum Gasteiger partial charge on any atom is 0.274 e. The van der Waals surface area contributed by atoms with Crippen LogP contribution < -0.4 is 11.1 Å². The number of carbonyl (C=O) groups excluding carboxylic acids is 1. The lowest BCUT2D eigenvalue weighted by molar-refractivity contribution is 0.102. The molecule has 0 bridgehead atoms. The van der Waals surface area contributed by atoms with Crippen LogP contribution >= 0.6 is 31.9 Å². The van der Waals surface area contributed by atoms with Gasteiger partial charge in [-0.2, -0.15) is 0 Å². The summed E-state index contributed by atoms with van der Waals surface area (Å²) in [7, 11) is 0. The van der Waals surface area contributed by atoms with Crippen LogP contribution in [0.2, 0.25) is 0 Å². The van der Waals surface area contributed by atoms with Crippen LogP contribution in [-0.2, 0) is 0 Å². The smallest absolute Gasteiger partial charge is 0.274 e. The Morgan fingerprint density at radius 3 is 2.67 bits per heavy atom. The first-order valence-corrected chi connectivity index (χ1v) is 6.63. The summed E-state index contributed by atoms with van der Waals surface area (Å²) in [5.74, 6) is -0.284. The van der Waals surface area contributed by atoms with Crippen LogP contribution in [0.15, 0.2) is 45.5 Å². The Bertz CT molecular complexity index is 584. The van der Waals surface area contributed by atoms with Gasteiger partial charge in [-0.1, -0.05) is 15.9 Å². The highest BCUT2D eigenvalue weighted by Crippen LogP contribution is 2.26. The maximum absolute atomic E-state index is 11.9. The number of nitrogen functional groups attached to an aromatic ring is 1. The zero-order valence-electron chi connectivity index (χ0n) is 9.15. The van der Waals surface area contributed by atoms with Gasteiger partial charge in [-0.05, 0) is 46.3 Å². The van der Waals surface area contributed by atoms with Crippen LogP contribution in [0.25, 0.3) is 0 Å². The fraction of sp³-hybridized carbons (Fsp3) is 0. The predicted molar refractivity (Wildman–Crippen MR) is 78.4 cm³/mol. The van der Waals surface area contributed by atoms with Crippen molar-refractivity contribution < 1.29 is 4.79 Å². The van der Waals surface area contributed by atoms with Crippen molar-refractivity contribution in [3.8, 4) is 0 Å². The van der Waals surface area contributed by atoms with Crippen LogP contribution in [-0.4, -0.2) is 10.9 Å². The molecule has 3 N–H and O–H groups in total. The third-order valence-electron chi connectivity index (χ3n) is 2.20. The molecule has 18 heavy (non-hydrogen) atoms. The van der Waals surface area contributed by atoms with Crippen molar-refractivity contribution in [2.75, 3.05) is 11.1 Å². The Balaban J connectivity index is 2.21. The number of pyridine rings is 1. The molecular formula is C12H9Br2N3O. The molecule has 0 aliphatic heterocycles. The molecule has 0 radical (unpaired) electrons. The van der Waals surface area contributed by atoms with Gasteiger partial charge >= 0.3 is 0 Å². The van der Waals surface area contributed by atoms with Gasteiger partial charge in [0.25, 0.3) is 5.91 Å². The molecule has 6 heteroatoms. The van der Waals surface area contributed by atoms with E-state index < -0.39 is 0 Å². The first kappa shape index (κ1) is 13.0. The van der Waals surface area contributed by atoms with Gasteiger partial charge in [-0.15, -0.1) is 0 Å². The normalized spacial score (nSPS) is 10.1. The van der Waals surface area contributed by atoms with Crippen molar-refractivity contribution in [2.45, 2.75) is 0 Å². The Kier molecular flexibility index (Phi) is 3.98. The summed E-state index contributed by atoms with van der Waals surface area (Å²) in [6, 6.07) is 8.74. The molecule has 0 aliphatic carbocycles. The van der Waals surface area contributed by atoms with Crippen molar-refractivity contribution in [2.24, 2.45) is 0 Å². The zero-order valence-corrected chi connectivity index (χ0v) is 12.3. The summed E-state index contributed by atoms with van der Waals surface area (Å²) in [4.78, 5) is 15.9. The number of aromatic nitrogens is 1. The highest BCUT2D eigenvalue weighted by molar-refractivity contribution is 9.11. The highest BCUT2D eigenvalue weighted by atomic mass is 79.9. The van der Waals surface area contributed by atoms with Crippen molar-refractivity contribution in [3.63, 3.8) is 0 Å². The predicted octanol–water partition coefficient (Wildman–Crippen LogP) is 3.44. The van der Waals surface area contributed by atoms with Gasteiger partial charge in [0.1, 0.15) is 5.69 Å². The number of amides is 1. The molecule has 0 atom stereocenters. The lowest BCUT2D eigenvalue weighted by Gasteiger charge is -2.07. The summed E-state index contributed by atoms with van der Waals surface area (Å²) in [6.45, 7) is 0. The summed E-state index contributed by atoms with van der Waals surface area (Å²) in [6.07, 6.45) is 1.45. The number of hydrogen-bond acceptors (Lipinski definition) is 3. The lowest BCUT2D eigenvalue weighted by atomic mass is 10.3. The number of nitrogens with two attached hydrogens (primary N) is 1. The van der Waals surface area contributed by atoms with Crippen LogP contribution in [0, 0.1) is 0 Å². The molecule has 2 rings (SSSR count). The zero-order chi connectivity index (χ0) is 13.1. The summed E-state index contributed by atoms with van der Waals surface area (Å²) in [5, 5.41) is 2.77. The van der Waals surface area contributed by atoms with E-state index >= 15 is 0 Å². The fourth-order valence-electron chi connectivity index (χ4n) is 1.32. The van der Waals surface area contributed by atoms with E-state index in [0.29, 0.717) is 17.1 Å². The van der Waals surface area contributed by atoms with Gasteiger partial charge < -0.3 is 11.1 Å². The van der Waals surface area contributed by atoms with Crippen molar-refractivity contribution in [1.82, 2.24) is 4.98 Å². The molecular weight excluding hydrogens is 362 g/mol. The van der Waals surface area contributed by atoms with Crippen LogP contribution in [0.3, 0.4) is 0 Å². The number of carbonyl (C=O) groups is 1. The second-order valence-corrected chi connectivity index (χ2v) is 5.33. The van der Waals surface area contributed by atoms with Crippen LogP contribution in [0.4, 0.5) is 11.4 Å². The Labute approximate surface area is 121 Å². The molecule has 92 valence electrons. The third-order valence-corrected chi connectivity index (χ3v) is 3.38. The number of rotatable bonds is 2. The number of hydrogen-bond donors (Lipinski definition) is 2. The third kappa shape index (κ3) is 3.08. The topological polar surface area (TPSA) is 68.0 Å². The molecule has 1 aromatic heterocycles. The number of benzene rings is 1. The average Bonchev–Trinajstić information content (AvgIpc) is 2.34. The number of nitrogens with one attached hydrogen (secondary N) is 1. The second-order valence-electron chi connectivity index (χ2n) is 3.56. The van der Waals surface area contributed by atoms with E-state index in [0.717, 1.165) is 8.95 Å². The Morgan fingerprint density at radius 1 is 1.22 bits per heavy atom. The Hall–Kier alpha value is -1.40. The maximum atomic E-state index is 11.9. The minimum atomic E-state index is -0.284. The molecule has 0 unspecified atom stereocenters. The van der Waals surface area contributed by atoms with Gasteiger partial charge in [0.15, 0.2) is 0 Å². The SMILES string of the molecule is Nc1ccc(C(=O)Nc2cc(Br)ccc2Br)nc1. The van der Waals surface area contributed by atoms with E-state index in [2.05, 4.69) is 42.2 Å². The first-order valence-electron chi connectivity index (χ1n) is 5.04. The van der Waals surface area contributed by atoms with Crippen molar-refractivity contribution in [3.05, 3.63) is 51.2 Å². The van der Waals surface area contributed by atoms with Gasteiger partial charge in [0.05, 0.1) is 17.6 Å². The minimum absolute atomic E-state index is 0.284. The summed E-state index contributed by atoms with van der Waals surface area (Å²) >= 11 is 6.71. The van der Waals surface area contributed by atoms with Gasteiger partial charge in [-0.25, -0.2) is 4.98 Å². The molecule has 1 heterocycles. The molecule has 0 fully saturated rings. The van der Waals surface area contributed by atoms with Gasteiger partial charge in [-0.3, -0.25) is 4.79 Å². The molecule has 0 saturated carbocycles. The van der Waals surface area contributed by atoms with E-state index in [1.165, 1.54) is 6.20 Å². The van der Waals surface area contributed by atoms with E-state index in [-0.39, 0.29) is 5.91 Å². The lowest BCUT2D eigenvalue weighted by Crippen LogP contribution is -2.14. The second kappa shape index (κ2) is 5.49. The number of nitrogens with zero attached hydrogens (tertiary/aromatic N) is 1. The quantitative estimate of drug-likeness (QED) is 0.850. The van der Waals surface area contributed by atoms with Gasteiger partial charge in [0.2, 0.25) is 0 Å². The van der Waals surface area contributed by atoms with E-state index in [4.69, 9.17) is 5.73 Å². The number of anilines is 2. The van der Waals surface area contributed by atoms with Gasteiger partial charge in [0, 0.05) is 8.95 Å². The molecule has 0 aliphatic rings. The van der Waals surface area contributed by atoms with Crippen LogP contribution in [0.5, 0.6) is 0 Å². The largest absolute Gasteiger partial charge is 0.397 e. The van der Waals surface area contributed by atoms with E-state index in [9.17, 15) is 4.79 Å². The first-order chi connectivity index (χ1) is 8.56.